The second kappa shape index (κ2) is 9.09. The molecule has 1 aliphatic rings. The molecule has 4 nitrogen and oxygen atoms in total. The Morgan fingerprint density at radius 3 is 1.94 bits per heavy atom. The number of hydrogen-bond acceptors (Lipinski definition) is 2. The van der Waals surface area contributed by atoms with Gasteiger partial charge in [0.05, 0.1) is 38.8 Å². The summed E-state index contributed by atoms with van der Waals surface area (Å²) in [5.74, 6) is 0.686. The van der Waals surface area contributed by atoms with E-state index < -0.39 is 0 Å². The zero-order valence-electron chi connectivity index (χ0n) is 26.4. The Hall–Kier alpha value is -6.52. The fraction of sp³-hybridized carbons (Fsp3) is 0.0222. The molecule has 11 aromatic rings. The molecule has 226 valence electrons. The number of para-hydroxylation sites is 4. The van der Waals surface area contributed by atoms with Gasteiger partial charge in [0.25, 0.3) is 0 Å². The van der Waals surface area contributed by atoms with Crippen LogP contribution in [0.2, 0.25) is 0 Å². The number of hydrogen-bond donors (Lipinski definition) is 0. The lowest BCUT2D eigenvalue weighted by molar-refractivity contribution is 1.02. The van der Waals surface area contributed by atoms with Crippen molar-refractivity contribution in [3.05, 3.63) is 157 Å². The molecule has 0 N–H and O–H groups in total. The van der Waals surface area contributed by atoms with Gasteiger partial charge in [-0.15, -0.1) is 0 Å². The van der Waals surface area contributed by atoms with E-state index in [9.17, 15) is 0 Å². The highest BCUT2D eigenvalue weighted by molar-refractivity contribution is 6.34. The first kappa shape index (κ1) is 25.6. The predicted molar refractivity (Wildman–Crippen MR) is 202 cm³/mol. The first-order valence-corrected chi connectivity index (χ1v) is 16.9. The van der Waals surface area contributed by atoms with Crippen molar-refractivity contribution in [2.24, 2.45) is 0 Å². The Labute approximate surface area is 280 Å². The molecule has 0 unspecified atom stereocenters. The summed E-state index contributed by atoms with van der Waals surface area (Å²) in [6.07, 6.45) is 0.939. The molecule has 0 fully saturated rings. The molecule has 0 saturated heterocycles. The molecule has 0 radical (unpaired) electrons. The average molecular weight is 623 g/mol. The lowest BCUT2D eigenvalue weighted by Crippen LogP contribution is -2.04. The maximum absolute atomic E-state index is 5.50. The van der Waals surface area contributed by atoms with Crippen LogP contribution in [0.5, 0.6) is 0 Å². The summed E-state index contributed by atoms with van der Waals surface area (Å²) < 4.78 is 4.77. The van der Waals surface area contributed by atoms with E-state index in [2.05, 4.69) is 155 Å². The van der Waals surface area contributed by atoms with Crippen molar-refractivity contribution in [2.75, 3.05) is 0 Å². The Morgan fingerprint density at radius 2 is 1.08 bits per heavy atom. The number of aromatic nitrogens is 4. The zero-order chi connectivity index (χ0) is 31.8. The Bertz CT molecular complexity index is 3200. The van der Waals surface area contributed by atoms with Crippen LogP contribution < -0.4 is 0 Å². The second-order valence-electron chi connectivity index (χ2n) is 13.4. The number of nitrogens with zero attached hydrogens (tertiary/aromatic N) is 4. The lowest BCUT2D eigenvalue weighted by atomic mass is 10.00. The van der Waals surface area contributed by atoms with E-state index in [1.807, 2.05) is 0 Å². The third-order valence-electron chi connectivity index (χ3n) is 10.9. The van der Waals surface area contributed by atoms with Gasteiger partial charge in [-0.05, 0) is 65.1 Å². The highest BCUT2D eigenvalue weighted by Gasteiger charge is 2.26. The van der Waals surface area contributed by atoms with E-state index in [0.29, 0.717) is 5.95 Å². The van der Waals surface area contributed by atoms with E-state index in [-0.39, 0.29) is 0 Å². The minimum Gasteiger partial charge on any atom is -0.308 e. The maximum atomic E-state index is 5.50. The summed E-state index contributed by atoms with van der Waals surface area (Å²) >= 11 is 0. The standard InChI is InChI=1S/C45H26N4/c1-2-12-29-26(11-1)23-28-24-27(21-22-30(28)29)42-33-15-3-7-17-37(33)46-45(47-42)49-39-19-9-5-14-32(39)36-25-35-31-13-4-8-18-38(31)48-40-20-10-6-16-34(40)41(43(35)48)44(36)49/h1-22,24-25H,23H2. The van der Waals surface area contributed by atoms with Crippen LogP contribution in [0.3, 0.4) is 0 Å². The summed E-state index contributed by atoms with van der Waals surface area (Å²) in [5, 5.41) is 8.49. The summed E-state index contributed by atoms with van der Waals surface area (Å²) in [7, 11) is 0. The van der Waals surface area contributed by atoms with Gasteiger partial charge in [0, 0.05) is 43.3 Å². The van der Waals surface area contributed by atoms with Crippen molar-refractivity contribution in [3.8, 4) is 28.3 Å². The van der Waals surface area contributed by atoms with E-state index in [4.69, 9.17) is 9.97 Å². The molecule has 4 heterocycles. The van der Waals surface area contributed by atoms with Crippen molar-refractivity contribution in [1.29, 1.82) is 0 Å². The maximum Gasteiger partial charge on any atom is 0.235 e. The van der Waals surface area contributed by atoms with E-state index >= 15 is 0 Å². The van der Waals surface area contributed by atoms with Crippen molar-refractivity contribution in [3.63, 3.8) is 0 Å². The molecule has 0 bridgehead atoms. The van der Waals surface area contributed by atoms with E-state index in [1.54, 1.807) is 0 Å². The van der Waals surface area contributed by atoms with Crippen LogP contribution in [-0.2, 0) is 6.42 Å². The van der Waals surface area contributed by atoms with Gasteiger partial charge in [-0.3, -0.25) is 4.57 Å². The van der Waals surface area contributed by atoms with Gasteiger partial charge in [0.2, 0.25) is 5.95 Å². The molecule has 4 aromatic heterocycles. The highest BCUT2D eigenvalue weighted by Crippen LogP contribution is 2.46. The van der Waals surface area contributed by atoms with Gasteiger partial charge in [-0.1, -0.05) is 109 Å². The van der Waals surface area contributed by atoms with E-state index in [1.165, 1.54) is 71.1 Å². The van der Waals surface area contributed by atoms with Crippen molar-refractivity contribution in [2.45, 2.75) is 6.42 Å². The zero-order valence-corrected chi connectivity index (χ0v) is 26.4. The molecule has 0 saturated carbocycles. The number of rotatable bonds is 2. The van der Waals surface area contributed by atoms with Crippen LogP contribution in [0.1, 0.15) is 11.1 Å². The summed E-state index contributed by atoms with van der Waals surface area (Å²) in [6.45, 7) is 0. The van der Waals surface area contributed by atoms with Crippen LogP contribution >= 0.6 is 0 Å². The molecular formula is C45H26N4. The van der Waals surface area contributed by atoms with Crippen LogP contribution in [0.4, 0.5) is 0 Å². The topological polar surface area (TPSA) is 35.1 Å². The number of benzene rings is 7. The van der Waals surface area contributed by atoms with Gasteiger partial charge in [-0.2, -0.15) is 0 Å². The minimum atomic E-state index is 0.686. The monoisotopic (exact) mass is 622 g/mol. The summed E-state index contributed by atoms with van der Waals surface area (Å²) in [6, 6.07) is 52.8. The second-order valence-corrected chi connectivity index (χ2v) is 13.4. The Kier molecular flexibility index (Phi) is 4.74. The summed E-state index contributed by atoms with van der Waals surface area (Å²) in [4.78, 5) is 10.8. The van der Waals surface area contributed by atoms with Crippen molar-refractivity contribution >= 4 is 70.8 Å². The van der Waals surface area contributed by atoms with Gasteiger partial charge in [0.15, 0.2) is 0 Å². The van der Waals surface area contributed by atoms with Gasteiger partial charge < -0.3 is 4.40 Å². The van der Waals surface area contributed by atoms with Crippen molar-refractivity contribution < 1.29 is 0 Å². The van der Waals surface area contributed by atoms with Crippen LogP contribution in [0.25, 0.3) is 99.1 Å². The molecule has 0 atom stereocenters. The largest absolute Gasteiger partial charge is 0.308 e. The quantitative estimate of drug-likeness (QED) is 0.192. The highest BCUT2D eigenvalue weighted by atomic mass is 15.2. The van der Waals surface area contributed by atoms with Gasteiger partial charge in [0.1, 0.15) is 0 Å². The summed E-state index contributed by atoms with van der Waals surface area (Å²) in [5.41, 5.74) is 14.3. The smallest absolute Gasteiger partial charge is 0.235 e. The predicted octanol–water partition coefficient (Wildman–Crippen LogP) is 11.1. The third-order valence-corrected chi connectivity index (χ3v) is 10.9. The van der Waals surface area contributed by atoms with Crippen LogP contribution in [0, 0.1) is 0 Å². The third kappa shape index (κ3) is 3.23. The van der Waals surface area contributed by atoms with E-state index in [0.717, 1.165) is 39.6 Å². The Balaban J connectivity index is 1.22. The SMILES string of the molecule is c1ccc2c(c1)Cc1cc(-c3nc(-n4c5ccccc5c5cc6c7ccccc7n7c8ccccc8c(c54)c67)nc4ccccc34)ccc1-2. The Morgan fingerprint density at radius 1 is 0.449 bits per heavy atom. The van der Waals surface area contributed by atoms with Crippen LogP contribution in [0.15, 0.2) is 146 Å². The molecule has 12 rings (SSSR count). The van der Waals surface area contributed by atoms with Gasteiger partial charge in [-0.25, -0.2) is 9.97 Å². The molecule has 0 spiro atoms. The first-order valence-electron chi connectivity index (χ1n) is 16.9. The van der Waals surface area contributed by atoms with Crippen LogP contribution in [-0.4, -0.2) is 18.9 Å². The molecule has 0 aliphatic heterocycles. The molecular weight excluding hydrogens is 597 g/mol. The fourth-order valence-corrected chi connectivity index (χ4v) is 8.84. The number of fused-ring (bicyclic) bond motifs is 14. The molecule has 49 heavy (non-hydrogen) atoms. The minimum absolute atomic E-state index is 0.686. The van der Waals surface area contributed by atoms with Gasteiger partial charge >= 0.3 is 0 Å². The lowest BCUT2D eigenvalue weighted by Gasteiger charge is -2.13. The molecule has 1 aliphatic carbocycles. The fourth-order valence-electron chi connectivity index (χ4n) is 8.84. The first-order chi connectivity index (χ1) is 24.3. The van der Waals surface area contributed by atoms with Crippen molar-refractivity contribution in [1.82, 2.24) is 18.9 Å². The molecule has 7 aromatic carbocycles. The average Bonchev–Trinajstić information content (AvgIpc) is 3.89. The molecule has 4 heteroatoms. The normalized spacial score (nSPS) is 12.8. The molecule has 0 amide bonds.